The van der Waals surface area contributed by atoms with Gasteiger partial charge in [-0.1, -0.05) is 6.92 Å². The fraction of sp³-hybridized carbons (Fsp3) is 0.818. The molecule has 72 valence electrons. The van der Waals surface area contributed by atoms with Crippen molar-refractivity contribution in [3.8, 4) is 0 Å². The maximum absolute atomic E-state index is 11.8. The van der Waals surface area contributed by atoms with Gasteiger partial charge in [-0.25, -0.2) is 0 Å². The summed E-state index contributed by atoms with van der Waals surface area (Å²) in [7, 11) is 0. The van der Waals surface area contributed by atoms with Gasteiger partial charge in [0.2, 0.25) is 0 Å². The zero-order chi connectivity index (χ0) is 9.47. The minimum Gasteiger partial charge on any atom is -0.300 e. The second kappa shape index (κ2) is 2.93. The van der Waals surface area contributed by atoms with Crippen molar-refractivity contribution >= 4 is 11.6 Å². The smallest absolute Gasteiger partial charge is 0.139 e. The van der Waals surface area contributed by atoms with Gasteiger partial charge in [0, 0.05) is 24.7 Å². The van der Waals surface area contributed by atoms with E-state index in [1.54, 1.807) is 0 Å². The lowest BCUT2D eigenvalue weighted by Gasteiger charge is -2.37. The van der Waals surface area contributed by atoms with E-state index in [0.717, 1.165) is 25.7 Å². The SMILES string of the molecule is CC1CC(=O)CC[C@]12CCCC2=O. The quantitative estimate of drug-likeness (QED) is 0.572. The van der Waals surface area contributed by atoms with Crippen molar-refractivity contribution in [2.45, 2.75) is 45.4 Å². The van der Waals surface area contributed by atoms with Crippen LogP contribution in [-0.2, 0) is 9.59 Å². The van der Waals surface area contributed by atoms with Gasteiger partial charge < -0.3 is 0 Å². The van der Waals surface area contributed by atoms with Gasteiger partial charge in [-0.15, -0.1) is 0 Å². The molecule has 1 spiro atoms. The van der Waals surface area contributed by atoms with Crippen molar-refractivity contribution in [1.29, 1.82) is 0 Å². The molecule has 0 aliphatic heterocycles. The third-order valence-corrected chi connectivity index (χ3v) is 3.91. The Balaban J connectivity index is 2.22. The normalized spacial score (nSPS) is 40.2. The molecular weight excluding hydrogens is 164 g/mol. The number of carbonyl (C=O) groups is 2. The average molecular weight is 180 g/mol. The molecule has 0 aromatic carbocycles. The Kier molecular flexibility index (Phi) is 2.01. The van der Waals surface area contributed by atoms with Gasteiger partial charge in [0.1, 0.15) is 11.6 Å². The van der Waals surface area contributed by atoms with Crippen molar-refractivity contribution in [1.82, 2.24) is 0 Å². The van der Waals surface area contributed by atoms with E-state index in [-0.39, 0.29) is 5.41 Å². The molecule has 2 atom stereocenters. The summed E-state index contributed by atoms with van der Waals surface area (Å²) in [5, 5.41) is 0. The topological polar surface area (TPSA) is 34.1 Å². The molecule has 13 heavy (non-hydrogen) atoms. The zero-order valence-corrected chi connectivity index (χ0v) is 8.14. The van der Waals surface area contributed by atoms with Gasteiger partial charge in [0.25, 0.3) is 0 Å². The van der Waals surface area contributed by atoms with Crippen molar-refractivity contribution in [2.24, 2.45) is 11.3 Å². The van der Waals surface area contributed by atoms with E-state index in [4.69, 9.17) is 0 Å². The molecule has 0 aromatic rings. The summed E-state index contributed by atoms with van der Waals surface area (Å²) in [5.41, 5.74) is -0.0894. The summed E-state index contributed by atoms with van der Waals surface area (Å²) in [6.07, 6.45) is 4.91. The predicted molar refractivity (Wildman–Crippen MR) is 49.3 cm³/mol. The third-order valence-electron chi connectivity index (χ3n) is 3.91. The second-order valence-corrected chi connectivity index (χ2v) is 4.58. The van der Waals surface area contributed by atoms with Crippen molar-refractivity contribution < 1.29 is 9.59 Å². The largest absolute Gasteiger partial charge is 0.300 e. The molecule has 2 aliphatic rings. The number of ketones is 2. The van der Waals surface area contributed by atoms with E-state index < -0.39 is 0 Å². The molecular formula is C11H16O2. The van der Waals surface area contributed by atoms with Crippen molar-refractivity contribution in [2.75, 3.05) is 0 Å². The number of carbonyl (C=O) groups excluding carboxylic acids is 2. The minimum atomic E-state index is -0.0894. The highest BCUT2D eigenvalue weighted by atomic mass is 16.1. The van der Waals surface area contributed by atoms with Crippen LogP contribution in [-0.4, -0.2) is 11.6 Å². The highest BCUT2D eigenvalue weighted by molar-refractivity contribution is 5.90. The maximum Gasteiger partial charge on any atom is 0.139 e. The summed E-state index contributed by atoms with van der Waals surface area (Å²) in [6, 6.07) is 0. The molecule has 0 heterocycles. The molecule has 2 saturated carbocycles. The van der Waals surface area contributed by atoms with Crippen molar-refractivity contribution in [3.05, 3.63) is 0 Å². The highest BCUT2D eigenvalue weighted by Crippen LogP contribution is 2.49. The van der Waals surface area contributed by atoms with E-state index in [2.05, 4.69) is 6.92 Å². The van der Waals surface area contributed by atoms with E-state index >= 15 is 0 Å². The van der Waals surface area contributed by atoms with Crippen molar-refractivity contribution in [3.63, 3.8) is 0 Å². The number of rotatable bonds is 0. The Morgan fingerprint density at radius 1 is 1.23 bits per heavy atom. The Bertz CT molecular complexity index is 257. The summed E-state index contributed by atoms with van der Waals surface area (Å²) in [6.45, 7) is 2.07. The molecule has 2 heteroatoms. The standard InChI is InChI=1S/C11H16O2/c1-8-7-9(12)4-6-11(8)5-2-3-10(11)13/h8H,2-7H2,1H3/t8?,11-/m1/s1. The first-order valence-electron chi connectivity index (χ1n) is 5.20. The highest BCUT2D eigenvalue weighted by Gasteiger charge is 2.48. The third kappa shape index (κ3) is 1.23. The molecule has 0 N–H and O–H groups in total. The van der Waals surface area contributed by atoms with Gasteiger partial charge in [-0.05, 0) is 25.2 Å². The molecule has 0 bridgehead atoms. The summed E-state index contributed by atoms with van der Waals surface area (Å²) >= 11 is 0. The van der Waals surface area contributed by atoms with Crippen LogP contribution in [0.4, 0.5) is 0 Å². The van der Waals surface area contributed by atoms with E-state index in [1.807, 2.05) is 0 Å². The van der Waals surface area contributed by atoms with Gasteiger partial charge in [0.05, 0.1) is 0 Å². The lowest BCUT2D eigenvalue weighted by atomic mass is 9.65. The Morgan fingerprint density at radius 3 is 2.54 bits per heavy atom. The van der Waals surface area contributed by atoms with Gasteiger partial charge in [-0.3, -0.25) is 9.59 Å². The number of Topliss-reactive ketones (excluding diaryl/α,β-unsaturated/α-hetero) is 2. The molecule has 2 nitrogen and oxygen atoms in total. The lowest BCUT2D eigenvalue weighted by Crippen LogP contribution is -2.38. The average Bonchev–Trinajstić information content (AvgIpc) is 2.43. The molecule has 2 rings (SSSR count). The van der Waals surface area contributed by atoms with Crippen LogP contribution in [0, 0.1) is 11.3 Å². The number of hydrogen-bond acceptors (Lipinski definition) is 2. The fourth-order valence-electron chi connectivity index (χ4n) is 2.99. The first-order chi connectivity index (χ1) is 6.15. The molecule has 0 amide bonds. The summed E-state index contributed by atoms with van der Waals surface area (Å²) in [5.74, 6) is 1.06. The predicted octanol–water partition coefficient (Wildman–Crippen LogP) is 2.11. The van der Waals surface area contributed by atoms with Crippen LogP contribution in [0.25, 0.3) is 0 Å². The van der Waals surface area contributed by atoms with Gasteiger partial charge in [0.15, 0.2) is 0 Å². The van der Waals surface area contributed by atoms with E-state index in [1.165, 1.54) is 0 Å². The Morgan fingerprint density at radius 2 is 2.00 bits per heavy atom. The molecule has 2 aliphatic carbocycles. The van der Waals surface area contributed by atoms with Crippen LogP contribution in [0.1, 0.15) is 45.4 Å². The monoisotopic (exact) mass is 180 g/mol. The van der Waals surface area contributed by atoms with Crippen LogP contribution in [0.5, 0.6) is 0 Å². The van der Waals surface area contributed by atoms with Crippen LogP contribution in [0.15, 0.2) is 0 Å². The summed E-state index contributed by atoms with van der Waals surface area (Å²) in [4.78, 5) is 23.0. The molecule has 2 fully saturated rings. The second-order valence-electron chi connectivity index (χ2n) is 4.58. The maximum atomic E-state index is 11.8. The van der Waals surface area contributed by atoms with Crippen LogP contribution < -0.4 is 0 Å². The van der Waals surface area contributed by atoms with Crippen LogP contribution in [0.2, 0.25) is 0 Å². The number of hydrogen-bond donors (Lipinski definition) is 0. The van der Waals surface area contributed by atoms with Crippen LogP contribution in [0.3, 0.4) is 0 Å². The minimum absolute atomic E-state index is 0.0894. The van der Waals surface area contributed by atoms with E-state index in [0.29, 0.717) is 30.3 Å². The Hall–Kier alpha value is -0.660. The van der Waals surface area contributed by atoms with E-state index in [9.17, 15) is 9.59 Å². The first kappa shape index (κ1) is 8.92. The molecule has 0 radical (unpaired) electrons. The first-order valence-corrected chi connectivity index (χ1v) is 5.20. The fourth-order valence-corrected chi connectivity index (χ4v) is 2.99. The van der Waals surface area contributed by atoms with Gasteiger partial charge in [-0.2, -0.15) is 0 Å². The lowest BCUT2D eigenvalue weighted by molar-refractivity contribution is -0.134. The van der Waals surface area contributed by atoms with Gasteiger partial charge >= 0.3 is 0 Å². The zero-order valence-electron chi connectivity index (χ0n) is 8.14. The molecule has 0 saturated heterocycles. The van der Waals surface area contributed by atoms with Crippen LogP contribution >= 0.6 is 0 Å². The molecule has 0 aromatic heterocycles. The summed E-state index contributed by atoms with van der Waals surface area (Å²) < 4.78 is 0. The molecule has 1 unspecified atom stereocenters. The Labute approximate surface area is 78.7 Å².